The summed E-state index contributed by atoms with van der Waals surface area (Å²) in [6, 6.07) is 19.9. The molecule has 4 rings (SSSR count). The molecule has 0 radical (unpaired) electrons. The molecule has 1 heterocycles. The van der Waals surface area contributed by atoms with Crippen LogP contribution in [0.4, 0.5) is 0 Å². The van der Waals surface area contributed by atoms with Crippen LogP contribution in [0.15, 0.2) is 66.7 Å². The minimum atomic E-state index is -0.0575. The van der Waals surface area contributed by atoms with Gasteiger partial charge in [-0.05, 0) is 66.1 Å². The summed E-state index contributed by atoms with van der Waals surface area (Å²) in [5, 5.41) is 20.6. The number of hydrogen-bond donors (Lipinski definition) is 2. The molecule has 0 saturated heterocycles. The summed E-state index contributed by atoms with van der Waals surface area (Å²) in [5.74, 6) is 0.366. The Labute approximate surface area is 167 Å². The average Bonchev–Trinajstić information content (AvgIpc) is 3.09. The summed E-state index contributed by atoms with van der Waals surface area (Å²) in [4.78, 5) is 14.4. The normalized spacial score (nSPS) is 11.0. The van der Waals surface area contributed by atoms with E-state index in [1.54, 1.807) is 41.7 Å². The first kappa shape index (κ1) is 18.3. The second kappa shape index (κ2) is 7.49. The number of aryl methyl sites for hydroxylation is 1. The second-order valence-corrected chi connectivity index (χ2v) is 7.82. The maximum Gasteiger partial charge on any atom is 0.195 e. The molecular weight excluding hydrogens is 368 g/mol. The van der Waals surface area contributed by atoms with E-state index in [0.29, 0.717) is 11.1 Å². The summed E-state index contributed by atoms with van der Waals surface area (Å²) < 4.78 is 1.04. The van der Waals surface area contributed by atoms with Crippen LogP contribution in [0.25, 0.3) is 20.5 Å². The van der Waals surface area contributed by atoms with Crippen LogP contribution < -0.4 is 0 Å². The lowest BCUT2D eigenvalue weighted by molar-refractivity contribution is 0.104. The van der Waals surface area contributed by atoms with Gasteiger partial charge in [0.15, 0.2) is 5.78 Å². The number of thiophene rings is 1. The summed E-state index contributed by atoms with van der Waals surface area (Å²) in [6.07, 6.45) is 1.62. The fourth-order valence-corrected chi connectivity index (χ4v) is 4.63. The molecule has 28 heavy (non-hydrogen) atoms. The van der Waals surface area contributed by atoms with Gasteiger partial charge in [-0.25, -0.2) is 0 Å². The van der Waals surface area contributed by atoms with Crippen LogP contribution in [0.1, 0.15) is 34.8 Å². The molecule has 3 nitrogen and oxygen atoms in total. The number of fused-ring (bicyclic) bond motifs is 1. The quantitative estimate of drug-likeness (QED) is 0.402. The van der Waals surface area contributed by atoms with Gasteiger partial charge in [-0.1, -0.05) is 31.5 Å². The van der Waals surface area contributed by atoms with Crippen molar-refractivity contribution >= 4 is 27.2 Å². The van der Waals surface area contributed by atoms with Crippen molar-refractivity contribution in [3.63, 3.8) is 0 Å². The molecular formula is C24H20O3S. The van der Waals surface area contributed by atoms with Crippen LogP contribution in [-0.2, 0) is 6.42 Å². The molecule has 2 N–H and O–H groups in total. The lowest BCUT2D eigenvalue weighted by atomic mass is 9.95. The third kappa shape index (κ3) is 3.27. The van der Waals surface area contributed by atoms with Gasteiger partial charge in [-0.15, -0.1) is 11.3 Å². The fourth-order valence-electron chi connectivity index (χ4n) is 3.43. The van der Waals surface area contributed by atoms with E-state index in [1.807, 2.05) is 43.3 Å². The first-order valence-corrected chi connectivity index (χ1v) is 10.1. The molecule has 0 aliphatic rings. The van der Waals surface area contributed by atoms with Crippen molar-refractivity contribution in [3.8, 4) is 21.9 Å². The zero-order valence-corrected chi connectivity index (χ0v) is 16.3. The molecule has 140 valence electrons. The Morgan fingerprint density at radius 3 is 2.46 bits per heavy atom. The van der Waals surface area contributed by atoms with E-state index in [2.05, 4.69) is 0 Å². The van der Waals surface area contributed by atoms with Crippen molar-refractivity contribution < 1.29 is 15.0 Å². The lowest BCUT2D eigenvalue weighted by Gasteiger charge is -2.08. The van der Waals surface area contributed by atoms with E-state index in [9.17, 15) is 15.0 Å². The molecule has 4 aromatic rings. The number of carbonyl (C=O) groups excluding carboxylic acids is 1. The lowest BCUT2D eigenvalue weighted by Crippen LogP contribution is -2.03. The van der Waals surface area contributed by atoms with Crippen molar-refractivity contribution in [1.82, 2.24) is 0 Å². The van der Waals surface area contributed by atoms with Gasteiger partial charge in [-0.2, -0.15) is 0 Å². The van der Waals surface area contributed by atoms with Crippen LogP contribution >= 0.6 is 11.3 Å². The number of ketones is 1. The molecule has 0 amide bonds. The number of carbonyl (C=O) groups is 1. The second-order valence-electron chi connectivity index (χ2n) is 6.77. The fraction of sp³-hybridized carbons (Fsp3) is 0.125. The molecule has 1 aromatic heterocycles. The van der Waals surface area contributed by atoms with Gasteiger partial charge in [0.1, 0.15) is 11.5 Å². The molecule has 0 bridgehead atoms. The van der Waals surface area contributed by atoms with Gasteiger partial charge in [-0.3, -0.25) is 4.79 Å². The highest BCUT2D eigenvalue weighted by Gasteiger charge is 2.22. The minimum absolute atomic E-state index is 0.0575. The maximum atomic E-state index is 13.5. The van der Waals surface area contributed by atoms with Crippen LogP contribution in [0.3, 0.4) is 0 Å². The predicted octanol–water partition coefficient (Wildman–Crippen LogP) is 6.16. The highest BCUT2D eigenvalue weighted by atomic mass is 32.1. The van der Waals surface area contributed by atoms with Gasteiger partial charge in [0, 0.05) is 26.1 Å². The first-order chi connectivity index (χ1) is 13.6. The van der Waals surface area contributed by atoms with Crippen LogP contribution in [0.5, 0.6) is 11.5 Å². The topological polar surface area (TPSA) is 57.5 Å². The van der Waals surface area contributed by atoms with Gasteiger partial charge in [0.05, 0.1) is 0 Å². The number of aromatic hydroxyl groups is 2. The standard InChI is InChI=1S/C24H20O3S/c1-2-5-16-14-17(10-13-20(16)26)23(27)22-19-6-3-4-7-21(19)28-24(22)15-8-11-18(25)12-9-15/h3-4,6-14,25-26H,2,5H2,1H3. The van der Waals surface area contributed by atoms with Crippen LogP contribution in [-0.4, -0.2) is 16.0 Å². The highest BCUT2D eigenvalue weighted by molar-refractivity contribution is 7.22. The van der Waals surface area contributed by atoms with Crippen molar-refractivity contribution in [2.24, 2.45) is 0 Å². The number of phenols is 2. The van der Waals surface area contributed by atoms with E-state index in [-0.39, 0.29) is 17.3 Å². The average molecular weight is 388 g/mol. The Bertz CT molecular complexity index is 1160. The Balaban J connectivity index is 1.90. The molecule has 4 heteroatoms. The molecule has 0 fully saturated rings. The number of phenolic OH excluding ortho intramolecular Hbond substituents is 2. The zero-order chi connectivity index (χ0) is 19.7. The van der Waals surface area contributed by atoms with Crippen molar-refractivity contribution in [3.05, 3.63) is 83.4 Å². The van der Waals surface area contributed by atoms with Gasteiger partial charge >= 0.3 is 0 Å². The smallest absolute Gasteiger partial charge is 0.195 e. The largest absolute Gasteiger partial charge is 0.508 e. The van der Waals surface area contributed by atoms with E-state index in [1.165, 1.54) is 0 Å². The van der Waals surface area contributed by atoms with Gasteiger partial charge in [0.2, 0.25) is 0 Å². The third-order valence-corrected chi connectivity index (χ3v) is 6.03. The maximum absolute atomic E-state index is 13.5. The monoisotopic (exact) mass is 388 g/mol. The Kier molecular flexibility index (Phi) is 4.88. The Hall–Kier alpha value is -3.11. The molecule has 0 spiro atoms. The van der Waals surface area contributed by atoms with E-state index < -0.39 is 0 Å². The summed E-state index contributed by atoms with van der Waals surface area (Å²) in [7, 11) is 0. The number of rotatable bonds is 5. The molecule has 0 aliphatic heterocycles. The van der Waals surface area contributed by atoms with E-state index >= 15 is 0 Å². The third-order valence-electron chi connectivity index (χ3n) is 4.81. The zero-order valence-electron chi connectivity index (χ0n) is 15.5. The molecule has 3 aromatic carbocycles. The highest BCUT2D eigenvalue weighted by Crippen LogP contribution is 2.40. The molecule has 0 unspecified atom stereocenters. The number of benzene rings is 3. The van der Waals surface area contributed by atoms with Crippen LogP contribution in [0, 0.1) is 0 Å². The van der Waals surface area contributed by atoms with Gasteiger partial charge in [0.25, 0.3) is 0 Å². The summed E-state index contributed by atoms with van der Waals surface area (Å²) in [6.45, 7) is 2.04. The summed E-state index contributed by atoms with van der Waals surface area (Å²) >= 11 is 1.57. The Morgan fingerprint density at radius 1 is 0.964 bits per heavy atom. The van der Waals surface area contributed by atoms with Crippen LogP contribution in [0.2, 0.25) is 0 Å². The number of hydrogen-bond acceptors (Lipinski definition) is 4. The van der Waals surface area contributed by atoms with Crippen molar-refractivity contribution in [2.45, 2.75) is 19.8 Å². The van der Waals surface area contributed by atoms with Gasteiger partial charge < -0.3 is 10.2 Å². The minimum Gasteiger partial charge on any atom is -0.508 e. The molecule has 0 atom stereocenters. The Morgan fingerprint density at radius 2 is 1.71 bits per heavy atom. The SMILES string of the molecule is CCCc1cc(C(=O)c2c(-c3ccc(O)cc3)sc3ccccc23)ccc1O. The first-order valence-electron chi connectivity index (χ1n) is 9.26. The predicted molar refractivity (Wildman–Crippen MR) is 114 cm³/mol. The van der Waals surface area contributed by atoms with E-state index in [0.717, 1.165) is 38.9 Å². The molecule has 0 saturated carbocycles. The van der Waals surface area contributed by atoms with E-state index in [4.69, 9.17) is 0 Å². The van der Waals surface area contributed by atoms with Crippen molar-refractivity contribution in [2.75, 3.05) is 0 Å². The molecule has 0 aliphatic carbocycles. The van der Waals surface area contributed by atoms with Crippen molar-refractivity contribution in [1.29, 1.82) is 0 Å². The summed E-state index contributed by atoms with van der Waals surface area (Å²) in [5.41, 5.74) is 2.93.